The van der Waals surface area contributed by atoms with Crippen LogP contribution in [0.3, 0.4) is 0 Å². The molecule has 72 valence electrons. The number of aromatic amines is 1. The van der Waals surface area contributed by atoms with Crippen molar-refractivity contribution in [2.75, 3.05) is 6.54 Å². The van der Waals surface area contributed by atoms with E-state index in [2.05, 4.69) is 20.6 Å². The minimum Gasteiger partial charge on any atom is -0.275 e. The second-order valence-electron chi connectivity index (χ2n) is 2.74. The molecule has 0 spiro atoms. The Labute approximate surface area is 78.8 Å². The van der Waals surface area contributed by atoms with Gasteiger partial charge in [0, 0.05) is 25.1 Å². The van der Waals surface area contributed by atoms with Gasteiger partial charge in [-0.1, -0.05) is 5.21 Å². The maximum atomic E-state index is 11.1. The lowest BCUT2D eigenvalue weighted by Gasteiger charge is -2.11. The Bertz CT molecular complexity index is 365. The molecule has 1 aliphatic heterocycles. The maximum Gasteiger partial charge on any atom is 0.253 e. The fourth-order valence-electron chi connectivity index (χ4n) is 1.15. The standard InChI is InChI=1S/C7H7N5O2/c13-6-1-2-7(14)12(6)4-3-5-8-10-11-9-5/h1-2H,3-4H2,(H,8,9,10,11). The van der Waals surface area contributed by atoms with Gasteiger partial charge in [-0.2, -0.15) is 5.21 Å². The van der Waals surface area contributed by atoms with Gasteiger partial charge in [0.05, 0.1) is 0 Å². The summed E-state index contributed by atoms with van der Waals surface area (Å²) in [4.78, 5) is 23.3. The highest BCUT2D eigenvalue weighted by molar-refractivity contribution is 6.12. The first-order valence-electron chi connectivity index (χ1n) is 4.03. The van der Waals surface area contributed by atoms with E-state index in [0.717, 1.165) is 4.90 Å². The number of hydrogen-bond donors (Lipinski definition) is 1. The van der Waals surface area contributed by atoms with E-state index in [0.29, 0.717) is 12.2 Å². The number of amides is 2. The summed E-state index contributed by atoms with van der Waals surface area (Å²) >= 11 is 0. The number of H-pyrrole nitrogens is 1. The Balaban J connectivity index is 1.93. The van der Waals surface area contributed by atoms with Crippen LogP contribution in [-0.4, -0.2) is 43.9 Å². The zero-order chi connectivity index (χ0) is 9.97. The Morgan fingerprint density at radius 2 is 2.00 bits per heavy atom. The molecule has 0 unspecified atom stereocenters. The summed E-state index contributed by atoms with van der Waals surface area (Å²) in [7, 11) is 0. The van der Waals surface area contributed by atoms with Crippen LogP contribution < -0.4 is 0 Å². The van der Waals surface area contributed by atoms with E-state index in [1.165, 1.54) is 12.2 Å². The first-order chi connectivity index (χ1) is 6.77. The van der Waals surface area contributed by atoms with Gasteiger partial charge in [0.2, 0.25) is 0 Å². The lowest BCUT2D eigenvalue weighted by Crippen LogP contribution is -2.32. The Kier molecular flexibility index (Phi) is 2.05. The van der Waals surface area contributed by atoms with Crippen molar-refractivity contribution >= 4 is 11.8 Å². The van der Waals surface area contributed by atoms with Gasteiger partial charge < -0.3 is 0 Å². The molecule has 0 aromatic carbocycles. The summed E-state index contributed by atoms with van der Waals surface area (Å²) in [5, 5.41) is 13.1. The van der Waals surface area contributed by atoms with E-state index < -0.39 is 0 Å². The molecular weight excluding hydrogens is 186 g/mol. The quantitative estimate of drug-likeness (QED) is 0.600. The summed E-state index contributed by atoms with van der Waals surface area (Å²) in [6.07, 6.45) is 2.91. The van der Waals surface area contributed by atoms with Crippen LogP contribution in [0.5, 0.6) is 0 Å². The van der Waals surface area contributed by atoms with Crippen molar-refractivity contribution in [3.8, 4) is 0 Å². The van der Waals surface area contributed by atoms with Gasteiger partial charge in [-0.05, 0) is 0 Å². The number of aromatic nitrogens is 4. The van der Waals surface area contributed by atoms with Crippen molar-refractivity contribution in [1.29, 1.82) is 0 Å². The fraction of sp³-hybridized carbons (Fsp3) is 0.286. The number of nitrogens with zero attached hydrogens (tertiary/aromatic N) is 4. The molecule has 0 saturated heterocycles. The molecule has 1 N–H and O–H groups in total. The number of rotatable bonds is 3. The molecule has 0 fully saturated rings. The van der Waals surface area contributed by atoms with Crippen molar-refractivity contribution in [2.24, 2.45) is 0 Å². The van der Waals surface area contributed by atoms with Gasteiger partial charge in [-0.3, -0.25) is 14.5 Å². The maximum absolute atomic E-state index is 11.1. The van der Waals surface area contributed by atoms with Crippen LogP contribution >= 0.6 is 0 Å². The fourth-order valence-corrected chi connectivity index (χ4v) is 1.15. The Morgan fingerprint density at radius 3 is 2.57 bits per heavy atom. The zero-order valence-electron chi connectivity index (χ0n) is 7.17. The van der Waals surface area contributed by atoms with Crippen LogP contribution in [0.4, 0.5) is 0 Å². The van der Waals surface area contributed by atoms with E-state index in [-0.39, 0.29) is 18.4 Å². The molecule has 0 bridgehead atoms. The molecule has 0 radical (unpaired) electrons. The molecule has 0 atom stereocenters. The summed E-state index contributed by atoms with van der Waals surface area (Å²) < 4.78 is 0. The van der Waals surface area contributed by atoms with E-state index >= 15 is 0 Å². The van der Waals surface area contributed by atoms with Gasteiger partial charge in [-0.15, -0.1) is 10.2 Å². The monoisotopic (exact) mass is 193 g/mol. The molecule has 2 rings (SSSR count). The summed E-state index contributed by atoms with van der Waals surface area (Å²) in [6, 6.07) is 0. The van der Waals surface area contributed by atoms with E-state index in [1.54, 1.807) is 0 Å². The number of imide groups is 1. The molecule has 0 aliphatic carbocycles. The molecule has 1 aliphatic rings. The molecular formula is C7H7N5O2. The van der Waals surface area contributed by atoms with Crippen LogP contribution in [0.15, 0.2) is 12.2 Å². The van der Waals surface area contributed by atoms with Gasteiger partial charge in [0.1, 0.15) is 0 Å². The zero-order valence-corrected chi connectivity index (χ0v) is 7.17. The predicted molar refractivity (Wildman–Crippen MR) is 43.7 cm³/mol. The highest BCUT2D eigenvalue weighted by Gasteiger charge is 2.22. The molecule has 2 heterocycles. The topological polar surface area (TPSA) is 91.8 Å². The Hall–Kier alpha value is -2.05. The Morgan fingerprint density at radius 1 is 1.29 bits per heavy atom. The molecule has 0 saturated carbocycles. The summed E-state index contributed by atoms with van der Waals surface area (Å²) in [6.45, 7) is 0.282. The average Bonchev–Trinajstić information content (AvgIpc) is 2.76. The number of hydrogen-bond acceptors (Lipinski definition) is 5. The van der Waals surface area contributed by atoms with Crippen molar-refractivity contribution in [2.45, 2.75) is 6.42 Å². The second-order valence-corrected chi connectivity index (χ2v) is 2.74. The third-order valence-corrected chi connectivity index (χ3v) is 1.85. The largest absolute Gasteiger partial charge is 0.275 e. The molecule has 7 nitrogen and oxygen atoms in total. The molecule has 1 aromatic heterocycles. The van der Waals surface area contributed by atoms with Crippen molar-refractivity contribution < 1.29 is 9.59 Å². The lowest BCUT2D eigenvalue weighted by molar-refractivity contribution is -0.136. The number of carbonyl (C=O) groups is 2. The molecule has 2 amide bonds. The first-order valence-corrected chi connectivity index (χ1v) is 4.03. The van der Waals surface area contributed by atoms with E-state index in [4.69, 9.17) is 0 Å². The van der Waals surface area contributed by atoms with Gasteiger partial charge in [0.15, 0.2) is 5.82 Å². The second kappa shape index (κ2) is 3.36. The third-order valence-electron chi connectivity index (χ3n) is 1.85. The van der Waals surface area contributed by atoms with E-state index in [1.807, 2.05) is 0 Å². The number of tetrazole rings is 1. The smallest absolute Gasteiger partial charge is 0.253 e. The molecule has 14 heavy (non-hydrogen) atoms. The summed E-state index contributed by atoms with van der Waals surface area (Å²) in [5.74, 6) is -0.102. The minimum absolute atomic E-state index is 0.282. The number of carbonyl (C=O) groups excluding carboxylic acids is 2. The molecule has 7 heteroatoms. The van der Waals surface area contributed by atoms with Gasteiger partial charge >= 0.3 is 0 Å². The van der Waals surface area contributed by atoms with Crippen LogP contribution in [0.2, 0.25) is 0 Å². The third kappa shape index (κ3) is 1.51. The predicted octanol–water partition coefficient (Wildman–Crippen LogP) is -1.33. The van der Waals surface area contributed by atoms with Gasteiger partial charge in [0.25, 0.3) is 11.8 Å². The lowest BCUT2D eigenvalue weighted by atomic mass is 10.4. The SMILES string of the molecule is O=C1C=CC(=O)N1CCc1nn[nH]n1. The average molecular weight is 193 g/mol. The van der Waals surface area contributed by atoms with Crippen molar-refractivity contribution in [1.82, 2.24) is 25.5 Å². The van der Waals surface area contributed by atoms with Crippen LogP contribution in [0.25, 0.3) is 0 Å². The van der Waals surface area contributed by atoms with Crippen LogP contribution in [-0.2, 0) is 16.0 Å². The highest BCUT2D eigenvalue weighted by atomic mass is 16.2. The van der Waals surface area contributed by atoms with Crippen molar-refractivity contribution in [3.63, 3.8) is 0 Å². The first kappa shape index (κ1) is 8.54. The number of nitrogens with one attached hydrogen (secondary N) is 1. The highest BCUT2D eigenvalue weighted by Crippen LogP contribution is 2.03. The van der Waals surface area contributed by atoms with Crippen LogP contribution in [0, 0.1) is 0 Å². The molecule has 1 aromatic rings. The van der Waals surface area contributed by atoms with Crippen LogP contribution in [0.1, 0.15) is 5.82 Å². The van der Waals surface area contributed by atoms with E-state index in [9.17, 15) is 9.59 Å². The van der Waals surface area contributed by atoms with Crippen molar-refractivity contribution in [3.05, 3.63) is 18.0 Å². The normalized spacial score (nSPS) is 15.6. The summed E-state index contributed by atoms with van der Waals surface area (Å²) in [5.41, 5.74) is 0. The van der Waals surface area contributed by atoms with Gasteiger partial charge in [-0.25, -0.2) is 0 Å². The minimum atomic E-state index is -0.293.